The number of nitro groups is 1. The molecule has 0 aliphatic heterocycles. The van der Waals surface area contributed by atoms with E-state index in [0.29, 0.717) is 0 Å². The number of carbonyl (C=O) groups excluding carboxylic acids is 1. The first-order chi connectivity index (χ1) is 9.99. The van der Waals surface area contributed by atoms with Gasteiger partial charge < -0.3 is 0 Å². The summed E-state index contributed by atoms with van der Waals surface area (Å²) in [5.41, 5.74) is -0.0976. The molecule has 0 atom stereocenters. The first-order valence-electron chi connectivity index (χ1n) is 5.90. The number of ketones is 1. The van der Waals surface area contributed by atoms with Gasteiger partial charge in [0.2, 0.25) is 0 Å². The van der Waals surface area contributed by atoms with Crippen LogP contribution in [0.25, 0.3) is 6.08 Å². The van der Waals surface area contributed by atoms with Gasteiger partial charge in [0, 0.05) is 6.07 Å². The van der Waals surface area contributed by atoms with E-state index in [0.717, 1.165) is 18.2 Å². The minimum absolute atomic E-state index is 0.0682. The molecule has 0 saturated carbocycles. The van der Waals surface area contributed by atoms with E-state index in [1.54, 1.807) is 0 Å². The highest BCUT2D eigenvalue weighted by Gasteiger charge is 2.16. The zero-order valence-electron chi connectivity index (χ0n) is 10.6. The lowest BCUT2D eigenvalue weighted by Gasteiger charge is -1.98. The van der Waals surface area contributed by atoms with Crippen LogP contribution in [0.3, 0.4) is 0 Å². The molecule has 0 aliphatic carbocycles. The molecule has 4 nitrogen and oxygen atoms in total. The number of nitro benzene ring substituents is 1. The number of hydrogen-bond acceptors (Lipinski definition) is 3. The van der Waals surface area contributed by atoms with Gasteiger partial charge in [-0.3, -0.25) is 14.9 Å². The molecule has 21 heavy (non-hydrogen) atoms. The third-order valence-electron chi connectivity index (χ3n) is 2.74. The molecule has 2 rings (SSSR count). The first kappa shape index (κ1) is 14.5. The Kier molecular flexibility index (Phi) is 4.18. The molecule has 106 valence electrons. The van der Waals surface area contributed by atoms with E-state index < -0.39 is 22.3 Å². The lowest BCUT2D eigenvalue weighted by Crippen LogP contribution is -2.00. The van der Waals surface area contributed by atoms with Crippen molar-refractivity contribution in [3.8, 4) is 0 Å². The number of allylic oxidation sites excluding steroid dienone is 1. The second-order valence-electron chi connectivity index (χ2n) is 4.15. The van der Waals surface area contributed by atoms with E-state index in [9.17, 15) is 23.7 Å². The van der Waals surface area contributed by atoms with E-state index >= 15 is 0 Å². The largest absolute Gasteiger partial charge is 0.289 e. The molecule has 0 bridgehead atoms. The lowest BCUT2D eigenvalue weighted by molar-refractivity contribution is -0.385. The van der Waals surface area contributed by atoms with Gasteiger partial charge in [-0.25, -0.2) is 8.78 Å². The third-order valence-corrected chi connectivity index (χ3v) is 2.74. The van der Waals surface area contributed by atoms with Crippen molar-refractivity contribution in [2.24, 2.45) is 0 Å². The molecule has 0 spiro atoms. The normalized spacial score (nSPS) is 10.8. The Hall–Kier alpha value is -2.89. The highest BCUT2D eigenvalue weighted by Crippen LogP contribution is 2.19. The van der Waals surface area contributed by atoms with Crippen LogP contribution in [0.1, 0.15) is 15.9 Å². The minimum atomic E-state index is -1.03. The summed E-state index contributed by atoms with van der Waals surface area (Å²) in [7, 11) is 0. The molecule has 6 heteroatoms. The van der Waals surface area contributed by atoms with Crippen LogP contribution in [-0.2, 0) is 0 Å². The molecule has 0 N–H and O–H groups in total. The van der Waals surface area contributed by atoms with Crippen LogP contribution in [0.2, 0.25) is 0 Å². The smallest absolute Gasteiger partial charge is 0.280 e. The Bertz CT molecular complexity index is 741. The van der Waals surface area contributed by atoms with Crippen LogP contribution < -0.4 is 0 Å². The van der Waals surface area contributed by atoms with Crippen LogP contribution >= 0.6 is 0 Å². The monoisotopic (exact) mass is 289 g/mol. The highest BCUT2D eigenvalue weighted by molar-refractivity contribution is 6.09. The summed E-state index contributed by atoms with van der Waals surface area (Å²) < 4.78 is 25.8. The predicted octanol–water partition coefficient (Wildman–Crippen LogP) is 3.77. The fraction of sp³-hybridized carbons (Fsp3) is 0. The predicted molar refractivity (Wildman–Crippen MR) is 72.8 cm³/mol. The van der Waals surface area contributed by atoms with Crippen LogP contribution in [0.5, 0.6) is 0 Å². The van der Waals surface area contributed by atoms with Gasteiger partial charge in [0.25, 0.3) is 5.69 Å². The standard InChI is InChI=1S/C15H9F2NO3/c16-12-7-5-10(9-13(12)17)6-8-15(19)11-3-1-2-4-14(11)18(20)21/h1-9H/b8-6+. The van der Waals surface area contributed by atoms with Gasteiger partial charge in [0.15, 0.2) is 17.4 Å². The quantitative estimate of drug-likeness (QED) is 0.372. The van der Waals surface area contributed by atoms with Crippen LogP contribution in [0.15, 0.2) is 48.5 Å². The topological polar surface area (TPSA) is 60.2 Å². The number of nitrogens with zero attached hydrogens (tertiary/aromatic N) is 1. The average molecular weight is 289 g/mol. The van der Waals surface area contributed by atoms with Gasteiger partial charge in [-0.2, -0.15) is 0 Å². The first-order valence-corrected chi connectivity index (χ1v) is 5.90. The average Bonchev–Trinajstić information content (AvgIpc) is 2.48. The Labute approximate surface area is 118 Å². The van der Waals surface area contributed by atoms with Gasteiger partial charge in [-0.1, -0.05) is 24.3 Å². The van der Waals surface area contributed by atoms with Crippen molar-refractivity contribution in [3.63, 3.8) is 0 Å². The Morgan fingerprint density at radius 1 is 1.10 bits per heavy atom. The molecule has 2 aromatic carbocycles. The van der Waals surface area contributed by atoms with E-state index in [1.165, 1.54) is 36.4 Å². The van der Waals surface area contributed by atoms with E-state index in [2.05, 4.69) is 0 Å². The summed E-state index contributed by atoms with van der Waals surface area (Å²) in [4.78, 5) is 22.1. The molecule has 0 saturated heterocycles. The summed E-state index contributed by atoms with van der Waals surface area (Å²) in [5.74, 6) is -2.61. The highest BCUT2D eigenvalue weighted by atomic mass is 19.2. The van der Waals surface area contributed by atoms with Crippen LogP contribution in [0, 0.1) is 21.7 Å². The van der Waals surface area contributed by atoms with Gasteiger partial charge in [-0.05, 0) is 29.8 Å². The lowest BCUT2D eigenvalue weighted by atomic mass is 10.1. The maximum Gasteiger partial charge on any atom is 0.280 e. The fourth-order valence-electron chi connectivity index (χ4n) is 1.72. The van der Waals surface area contributed by atoms with Crippen molar-refractivity contribution < 1.29 is 18.5 Å². The van der Waals surface area contributed by atoms with Crippen molar-refractivity contribution in [1.82, 2.24) is 0 Å². The van der Waals surface area contributed by atoms with Crippen molar-refractivity contribution in [1.29, 1.82) is 0 Å². The van der Waals surface area contributed by atoms with E-state index in [-0.39, 0.29) is 16.8 Å². The summed E-state index contributed by atoms with van der Waals surface area (Å²) in [5, 5.41) is 10.8. The molecule has 2 aromatic rings. The molecule has 0 aromatic heterocycles. The third kappa shape index (κ3) is 3.36. The molecule has 0 heterocycles. The Balaban J connectivity index is 2.27. The van der Waals surface area contributed by atoms with Crippen LogP contribution in [-0.4, -0.2) is 10.7 Å². The van der Waals surface area contributed by atoms with Crippen molar-refractivity contribution in [2.75, 3.05) is 0 Å². The van der Waals surface area contributed by atoms with Crippen molar-refractivity contribution in [3.05, 3.63) is 81.4 Å². The second-order valence-corrected chi connectivity index (χ2v) is 4.15. The molecule has 0 aliphatic rings. The van der Waals surface area contributed by atoms with Crippen molar-refractivity contribution >= 4 is 17.5 Å². The number of benzene rings is 2. The summed E-state index contributed by atoms with van der Waals surface area (Å²) >= 11 is 0. The maximum atomic E-state index is 13.0. The van der Waals surface area contributed by atoms with Gasteiger partial charge in [0.05, 0.1) is 10.5 Å². The minimum Gasteiger partial charge on any atom is -0.289 e. The molecule has 0 radical (unpaired) electrons. The number of halogens is 2. The van der Waals surface area contributed by atoms with Crippen molar-refractivity contribution in [2.45, 2.75) is 0 Å². The number of rotatable bonds is 4. The molecular formula is C15H9F2NO3. The van der Waals surface area contributed by atoms with Gasteiger partial charge >= 0.3 is 0 Å². The maximum absolute atomic E-state index is 13.0. The number of hydrogen-bond donors (Lipinski definition) is 0. The molecule has 0 amide bonds. The van der Waals surface area contributed by atoms with Crippen LogP contribution in [0.4, 0.5) is 14.5 Å². The number of carbonyl (C=O) groups is 1. The van der Waals surface area contributed by atoms with Gasteiger partial charge in [0.1, 0.15) is 0 Å². The summed E-state index contributed by atoms with van der Waals surface area (Å²) in [6, 6.07) is 8.67. The van der Waals surface area contributed by atoms with Gasteiger partial charge in [-0.15, -0.1) is 0 Å². The Morgan fingerprint density at radius 3 is 2.48 bits per heavy atom. The SMILES string of the molecule is O=C(/C=C/c1ccc(F)c(F)c1)c1ccccc1[N+](=O)[O-]. The van der Waals surface area contributed by atoms with E-state index in [1.807, 2.05) is 0 Å². The zero-order chi connectivity index (χ0) is 15.4. The molecular weight excluding hydrogens is 280 g/mol. The summed E-state index contributed by atoms with van der Waals surface area (Å²) in [6.07, 6.45) is 2.34. The number of para-hydroxylation sites is 1. The summed E-state index contributed by atoms with van der Waals surface area (Å²) in [6.45, 7) is 0. The zero-order valence-corrected chi connectivity index (χ0v) is 10.6. The second kappa shape index (κ2) is 6.04. The van der Waals surface area contributed by atoms with E-state index in [4.69, 9.17) is 0 Å². The Morgan fingerprint density at radius 2 is 1.81 bits per heavy atom. The molecule has 0 unspecified atom stereocenters. The fourth-order valence-corrected chi connectivity index (χ4v) is 1.72. The molecule has 0 fully saturated rings.